The highest BCUT2D eigenvalue weighted by Crippen LogP contribution is 2.26. The summed E-state index contributed by atoms with van der Waals surface area (Å²) in [4.78, 5) is 15.7. The molecule has 94 valence electrons. The van der Waals surface area contributed by atoms with E-state index in [2.05, 4.69) is 24.1 Å². The highest BCUT2D eigenvalue weighted by atomic mass is 35.5. The average Bonchev–Trinajstić information content (AvgIpc) is 2.41. The minimum atomic E-state index is -0.0659. The molecule has 0 radical (unpaired) electrons. The number of carbonyl (C=O) groups is 1. The first kappa shape index (κ1) is 14.0. The summed E-state index contributed by atoms with van der Waals surface area (Å²) in [6.07, 6.45) is 5.15. The molecule has 0 aliphatic heterocycles. The zero-order valence-corrected chi connectivity index (χ0v) is 11.1. The van der Waals surface area contributed by atoms with E-state index in [1.54, 1.807) is 24.5 Å². The summed E-state index contributed by atoms with van der Waals surface area (Å²) in [5.41, 5.74) is 0.639. The van der Waals surface area contributed by atoms with E-state index in [4.69, 9.17) is 11.6 Å². The quantitative estimate of drug-likeness (QED) is 0.794. The lowest BCUT2D eigenvalue weighted by molar-refractivity contribution is 0.0931. The van der Waals surface area contributed by atoms with Crippen molar-refractivity contribution in [3.8, 4) is 0 Å². The number of hydrogen-bond donors (Lipinski definition) is 1. The second-order valence-corrected chi connectivity index (χ2v) is 4.53. The monoisotopic (exact) mass is 254 g/mol. The first-order chi connectivity index (χ1) is 8.17. The fourth-order valence-electron chi connectivity index (χ4n) is 1.61. The van der Waals surface area contributed by atoms with Crippen LogP contribution in [-0.4, -0.2) is 23.3 Å². The third-order valence-corrected chi connectivity index (χ3v) is 3.92. The minimum absolute atomic E-state index is 0.00421. The van der Waals surface area contributed by atoms with Crippen molar-refractivity contribution >= 4 is 17.5 Å². The van der Waals surface area contributed by atoms with E-state index in [1.807, 2.05) is 0 Å². The van der Waals surface area contributed by atoms with Crippen LogP contribution in [0.15, 0.2) is 24.5 Å². The van der Waals surface area contributed by atoms with E-state index >= 15 is 0 Å². The van der Waals surface area contributed by atoms with Crippen LogP contribution in [0.3, 0.4) is 0 Å². The predicted molar refractivity (Wildman–Crippen MR) is 70.3 cm³/mol. The van der Waals surface area contributed by atoms with E-state index in [-0.39, 0.29) is 11.3 Å². The molecule has 0 aromatic carbocycles. The summed E-state index contributed by atoms with van der Waals surface area (Å²) < 4.78 is 0. The third-order valence-electron chi connectivity index (χ3n) is 3.35. The largest absolute Gasteiger partial charge is 0.351 e. The van der Waals surface area contributed by atoms with Gasteiger partial charge in [-0.3, -0.25) is 9.78 Å². The minimum Gasteiger partial charge on any atom is -0.351 e. The predicted octanol–water partition coefficient (Wildman–Crippen LogP) is 2.86. The van der Waals surface area contributed by atoms with E-state index in [1.165, 1.54) is 0 Å². The van der Waals surface area contributed by atoms with Crippen molar-refractivity contribution in [3.05, 3.63) is 30.1 Å². The summed E-state index contributed by atoms with van der Waals surface area (Å²) in [7, 11) is 0. The number of pyridine rings is 1. The van der Waals surface area contributed by atoms with Gasteiger partial charge in [0.25, 0.3) is 5.91 Å². The van der Waals surface area contributed by atoms with Crippen LogP contribution >= 0.6 is 11.6 Å². The summed E-state index contributed by atoms with van der Waals surface area (Å²) in [5, 5.41) is 2.94. The van der Waals surface area contributed by atoms with Gasteiger partial charge in [0, 0.05) is 35.8 Å². The van der Waals surface area contributed by atoms with Crippen LogP contribution in [-0.2, 0) is 0 Å². The molecular formula is C13H19ClN2O. The maximum Gasteiger partial charge on any atom is 0.251 e. The summed E-state index contributed by atoms with van der Waals surface area (Å²) >= 11 is 5.99. The molecule has 1 rings (SSSR count). The zero-order valence-electron chi connectivity index (χ0n) is 10.4. The van der Waals surface area contributed by atoms with Crippen molar-refractivity contribution in [1.82, 2.24) is 10.3 Å². The van der Waals surface area contributed by atoms with Gasteiger partial charge in [0.1, 0.15) is 0 Å². The van der Waals surface area contributed by atoms with E-state index < -0.39 is 0 Å². The van der Waals surface area contributed by atoms with Gasteiger partial charge in [-0.25, -0.2) is 0 Å². The Morgan fingerprint density at radius 1 is 1.35 bits per heavy atom. The molecule has 0 aliphatic rings. The fourth-order valence-corrected chi connectivity index (χ4v) is 2.08. The number of amides is 1. The van der Waals surface area contributed by atoms with Gasteiger partial charge < -0.3 is 5.32 Å². The Morgan fingerprint density at radius 3 is 2.41 bits per heavy atom. The Hall–Kier alpha value is -1.09. The molecule has 1 aromatic heterocycles. The van der Waals surface area contributed by atoms with E-state index in [0.717, 1.165) is 12.8 Å². The zero-order chi connectivity index (χ0) is 12.7. The number of rotatable bonds is 6. The molecule has 17 heavy (non-hydrogen) atoms. The maximum absolute atomic E-state index is 11.9. The number of alkyl halides is 1. The molecule has 0 spiro atoms. The summed E-state index contributed by atoms with van der Waals surface area (Å²) in [6, 6.07) is 3.41. The molecule has 0 aliphatic carbocycles. The normalized spacial score (nSPS) is 11.2. The highest BCUT2D eigenvalue weighted by Gasteiger charge is 2.25. The SMILES string of the molecule is CCC(CC)(CCl)CNC(=O)c1ccncc1. The lowest BCUT2D eigenvalue weighted by atomic mass is 9.84. The second kappa shape index (κ2) is 6.60. The van der Waals surface area contributed by atoms with E-state index in [9.17, 15) is 4.79 Å². The van der Waals surface area contributed by atoms with Crippen LogP contribution in [0.5, 0.6) is 0 Å². The van der Waals surface area contributed by atoms with Crippen LogP contribution < -0.4 is 5.32 Å². The smallest absolute Gasteiger partial charge is 0.251 e. The molecule has 0 bridgehead atoms. The van der Waals surface area contributed by atoms with Crippen molar-refractivity contribution in [2.45, 2.75) is 26.7 Å². The van der Waals surface area contributed by atoms with E-state index in [0.29, 0.717) is 18.0 Å². The Balaban J connectivity index is 2.59. The third kappa shape index (κ3) is 3.70. The molecule has 0 unspecified atom stereocenters. The number of hydrogen-bond acceptors (Lipinski definition) is 2. The molecule has 1 aromatic rings. The Bertz CT molecular complexity index is 341. The molecule has 1 amide bonds. The second-order valence-electron chi connectivity index (χ2n) is 4.26. The standard InChI is InChI=1S/C13H19ClN2O/c1-3-13(4-2,9-14)10-16-12(17)11-5-7-15-8-6-11/h5-8H,3-4,9-10H2,1-2H3,(H,16,17). The van der Waals surface area contributed by atoms with Crippen molar-refractivity contribution < 1.29 is 4.79 Å². The Labute approximate surface area is 108 Å². The van der Waals surface area contributed by atoms with Crippen molar-refractivity contribution in [2.24, 2.45) is 5.41 Å². The topological polar surface area (TPSA) is 42.0 Å². The molecule has 0 saturated carbocycles. The molecule has 0 saturated heterocycles. The van der Waals surface area contributed by atoms with Gasteiger partial charge >= 0.3 is 0 Å². The van der Waals surface area contributed by atoms with Crippen molar-refractivity contribution in [3.63, 3.8) is 0 Å². The van der Waals surface area contributed by atoms with Gasteiger partial charge in [-0.2, -0.15) is 0 Å². The molecule has 1 heterocycles. The summed E-state index contributed by atoms with van der Waals surface area (Å²) in [6.45, 7) is 4.82. The maximum atomic E-state index is 11.9. The molecule has 4 heteroatoms. The van der Waals surface area contributed by atoms with Crippen LogP contribution in [0.4, 0.5) is 0 Å². The lowest BCUT2D eigenvalue weighted by Gasteiger charge is -2.29. The average molecular weight is 255 g/mol. The van der Waals surface area contributed by atoms with Crippen LogP contribution in [0.25, 0.3) is 0 Å². The fraction of sp³-hybridized carbons (Fsp3) is 0.538. The van der Waals surface area contributed by atoms with Crippen LogP contribution in [0, 0.1) is 5.41 Å². The Morgan fingerprint density at radius 2 is 1.94 bits per heavy atom. The van der Waals surface area contributed by atoms with Gasteiger partial charge in [-0.1, -0.05) is 13.8 Å². The number of nitrogens with zero attached hydrogens (tertiary/aromatic N) is 1. The van der Waals surface area contributed by atoms with Gasteiger partial charge in [0.15, 0.2) is 0 Å². The molecule has 0 fully saturated rings. The highest BCUT2D eigenvalue weighted by molar-refractivity contribution is 6.18. The van der Waals surface area contributed by atoms with Crippen molar-refractivity contribution in [1.29, 1.82) is 0 Å². The number of carbonyl (C=O) groups excluding carboxylic acids is 1. The van der Waals surface area contributed by atoms with Gasteiger partial charge in [0.2, 0.25) is 0 Å². The van der Waals surface area contributed by atoms with Crippen molar-refractivity contribution in [2.75, 3.05) is 12.4 Å². The van der Waals surface area contributed by atoms with Crippen LogP contribution in [0.1, 0.15) is 37.0 Å². The first-order valence-corrected chi connectivity index (χ1v) is 6.45. The van der Waals surface area contributed by atoms with Crippen LogP contribution in [0.2, 0.25) is 0 Å². The number of aromatic nitrogens is 1. The van der Waals surface area contributed by atoms with Gasteiger partial charge in [-0.15, -0.1) is 11.6 Å². The first-order valence-electron chi connectivity index (χ1n) is 5.91. The molecule has 1 N–H and O–H groups in total. The van der Waals surface area contributed by atoms with Gasteiger partial charge in [-0.05, 0) is 25.0 Å². The lowest BCUT2D eigenvalue weighted by Crippen LogP contribution is -2.38. The summed E-state index contributed by atoms with van der Waals surface area (Å²) in [5.74, 6) is 0.500. The number of nitrogens with one attached hydrogen (secondary N) is 1. The van der Waals surface area contributed by atoms with Gasteiger partial charge in [0.05, 0.1) is 0 Å². The number of halogens is 1. The Kier molecular flexibility index (Phi) is 5.42. The molecular weight excluding hydrogens is 236 g/mol. The molecule has 0 atom stereocenters. The molecule has 3 nitrogen and oxygen atoms in total.